The summed E-state index contributed by atoms with van der Waals surface area (Å²) in [6, 6.07) is 13.0. The van der Waals surface area contributed by atoms with E-state index in [9.17, 15) is 9.59 Å². The van der Waals surface area contributed by atoms with E-state index in [-0.39, 0.29) is 31.2 Å². The van der Waals surface area contributed by atoms with Gasteiger partial charge in [0.05, 0.1) is 12.6 Å². The van der Waals surface area contributed by atoms with Gasteiger partial charge in [-0.1, -0.05) is 37.6 Å². The molecule has 32 heavy (non-hydrogen) atoms. The number of hydrogen-bond acceptors (Lipinski definition) is 4. The zero-order chi connectivity index (χ0) is 21.8. The van der Waals surface area contributed by atoms with Crippen LogP contribution in [0.2, 0.25) is 0 Å². The first kappa shape index (κ1) is 19.2. The average molecular weight is 431 g/mol. The topological polar surface area (TPSA) is 74.9 Å². The van der Waals surface area contributed by atoms with Crippen LogP contribution in [0.15, 0.2) is 42.5 Å². The fourth-order valence-corrected chi connectivity index (χ4v) is 5.29. The molecule has 6 rings (SSSR count). The van der Waals surface area contributed by atoms with Gasteiger partial charge >= 0.3 is 0 Å². The maximum atomic E-state index is 13.5. The first-order valence-corrected chi connectivity index (χ1v) is 11.2. The van der Waals surface area contributed by atoms with Crippen molar-refractivity contribution in [3.05, 3.63) is 59.3 Å². The summed E-state index contributed by atoms with van der Waals surface area (Å²) in [5.74, 6) is 1.39. The van der Waals surface area contributed by atoms with Gasteiger partial charge in [-0.15, -0.1) is 0 Å². The number of carbonyl (C=O) groups excluding carboxylic acids is 2. The van der Waals surface area contributed by atoms with Gasteiger partial charge in [-0.3, -0.25) is 9.59 Å². The Hall–Kier alpha value is -3.48. The van der Waals surface area contributed by atoms with E-state index in [0.717, 1.165) is 40.6 Å². The molecule has 0 bridgehead atoms. The smallest absolute Gasteiger partial charge is 0.246 e. The quantitative estimate of drug-likeness (QED) is 0.687. The highest BCUT2D eigenvalue weighted by Crippen LogP contribution is 2.44. The highest BCUT2D eigenvalue weighted by molar-refractivity contribution is 5.97. The van der Waals surface area contributed by atoms with Crippen molar-refractivity contribution < 1.29 is 19.1 Å². The van der Waals surface area contributed by atoms with E-state index in [0.29, 0.717) is 24.5 Å². The molecule has 3 aliphatic heterocycles. The van der Waals surface area contributed by atoms with Crippen LogP contribution in [0.25, 0.3) is 10.9 Å². The monoisotopic (exact) mass is 431 g/mol. The first-order chi connectivity index (χ1) is 15.7. The van der Waals surface area contributed by atoms with E-state index in [4.69, 9.17) is 9.47 Å². The van der Waals surface area contributed by atoms with Gasteiger partial charge in [0.2, 0.25) is 18.6 Å². The molecule has 3 aromatic rings. The van der Waals surface area contributed by atoms with Crippen LogP contribution in [0, 0.1) is 0 Å². The van der Waals surface area contributed by atoms with Crippen molar-refractivity contribution in [2.45, 2.75) is 38.3 Å². The number of piperazine rings is 1. The van der Waals surface area contributed by atoms with Gasteiger partial charge in [0, 0.05) is 29.6 Å². The Kier molecular flexibility index (Phi) is 4.38. The molecule has 1 fully saturated rings. The predicted molar refractivity (Wildman–Crippen MR) is 119 cm³/mol. The van der Waals surface area contributed by atoms with E-state index < -0.39 is 6.04 Å². The van der Waals surface area contributed by atoms with Gasteiger partial charge in [-0.25, -0.2) is 0 Å². The molecule has 2 amide bonds. The molecule has 1 aromatic heterocycles. The van der Waals surface area contributed by atoms with Gasteiger partial charge in [0.25, 0.3) is 0 Å². The van der Waals surface area contributed by atoms with Crippen molar-refractivity contribution in [1.29, 1.82) is 0 Å². The minimum absolute atomic E-state index is 0.0160. The number of fused-ring (bicyclic) bond motifs is 5. The van der Waals surface area contributed by atoms with Crippen molar-refractivity contribution in [2.75, 3.05) is 19.9 Å². The van der Waals surface area contributed by atoms with Crippen LogP contribution in [-0.4, -0.2) is 52.5 Å². The Balaban J connectivity index is 1.51. The number of unbranched alkanes of at least 4 members (excludes halogenated alkanes) is 1. The molecule has 1 saturated heterocycles. The van der Waals surface area contributed by atoms with Crippen LogP contribution in [0.4, 0.5) is 0 Å². The Morgan fingerprint density at radius 3 is 2.81 bits per heavy atom. The largest absolute Gasteiger partial charge is 0.454 e. The molecular formula is C25H25N3O4. The second-order valence-corrected chi connectivity index (χ2v) is 8.71. The summed E-state index contributed by atoms with van der Waals surface area (Å²) in [7, 11) is 0. The number of aromatic amines is 1. The van der Waals surface area contributed by atoms with Crippen LogP contribution < -0.4 is 9.47 Å². The number of para-hydroxylation sites is 1. The molecule has 0 radical (unpaired) electrons. The third kappa shape index (κ3) is 2.80. The van der Waals surface area contributed by atoms with Gasteiger partial charge < -0.3 is 24.3 Å². The molecule has 3 aliphatic rings. The molecule has 2 atom stereocenters. The van der Waals surface area contributed by atoms with Gasteiger partial charge in [-0.05, 0) is 35.7 Å². The molecule has 0 aliphatic carbocycles. The zero-order valence-corrected chi connectivity index (χ0v) is 18.0. The average Bonchev–Trinajstić information content (AvgIpc) is 3.43. The number of benzene rings is 2. The number of carbonyl (C=O) groups is 2. The Morgan fingerprint density at radius 1 is 1.09 bits per heavy atom. The molecule has 0 saturated carbocycles. The van der Waals surface area contributed by atoms with Crippen molar-refractivity contribution in [2.24, 2.45) is 0 Å². The van der Waals surface area contributed by atoms with Crippen LogP contribution in [0.5, 0.6) is 11.5 Å². The minimum atomic E-state index is -0.504. The van der Waals surface area contributed by atoms with E-state index >= 15 is 0 Å². The fraction of sp³-hybridized carbons (Fsp3) is 0.360. The molecule has 7 heteroatoms. The van der Waals surface area contributed by atoms with Crippen LogP contribution in [0.3, 0.4) is 0 Å². The van der Waals surface area contributed by atoms with E-state index in [1.807, 2.05) is 36.4 Å². The third-order valence-corrected chi connectivity index (χ3v) is 6.84. The lowest BCUT2D eigenvalue weighted by molar-refractivity contribution is -0.158. The summed E-state index contributed by atoms with van der Waals surface area (Å²) in [4.78, 5) is 34.1. The number of hydrogen-bond donors (Lipinski definition) is 1. The second kappa shape index (κ2) is 7.29. The first-order valence-electron chi connectivity index (χ1n) is 11.2. The van der Waals surface area contributed by atoms with E-state index in [2.05, 4.69) is 18.0 Å². The number of ether oxygens (including phenoxy) is 2. The number of aromatic nitrogens is 1. The lowest BCUT2D eigenvalue weighted by Gasteiger charge is -2.47. The summed E-state index contributed by atoms with van der Waals surface area (Å²) in [6.07, 6.45) is 2.40. The summed E-state index contributed by atoms with van der Waals surface area (Å²) in [5, 5.41) is 1.11. The minimum Gasteiger partial charge on any atom is -0.454 e. The Labute approximate surface area is 185 Å². The van der Waals surface area contributed by atoms with Gasteiger partial charge in [0.1, 0.15) is 6.04 Å². The van der Waals surface area contributed by atoms with E-state index in [1.165, 1.54) is 0 Å². The Morgan fingerprint density at radius 2 is 1.94 bits per heavy atom. The maximum absolute atomic E-state index is 13.5. The van der Waals surface area contributed by atoms with Crippen molar-refractivity contribution >= 4 is 22.7 Å². The van der Waals surface area contributed by atoms with Crippen molar-refractivity contribution in [3.63, 3.8) is 0 Å². The van der Waals surface area contributed by atoms with Crippen molar-refractivity contribution in [3.8, 4) is 11.5 Å². The van der Waals surface area contributed by atoms with Crippen LogP contribution in [-0.2, 0) is 16.0 Å². The molecule has 0 unspecified atom stereocenters. The summed E-state index contributed by atoms with van der Waals surface area (Å²) >= 11 is 0. The number of nitrogens with one attached hydrogen (secondary N) is 1. The maximum Gasteiger partial charge on any atom is 0.246 e. The number of H-pyrrole nitrogens is 1. The highest BCUT2D eigenvalue weighted by Gasteiger charge is 2.48. The molecule has 7 nitrogen and oxygen atoms in total. The zero-order valence-electron chi connectivity index (χ0n) is 18.0. The molecule has 4 heterocycles. The standard InChI is InChI=1S/C25H25N3O4/c1-2-3-10-27-13-22(29)28-19(25(27)30)12-17-16-6-4-5-7-18(16)26-23(17)24(28)15-8-9-20-21(11-15)32-14-31-20/h4-9,11,19,24,26H,2-3,10,12-14H2,1H3/t19-,24+/m0/s1. The molecular weight excluding hydrogens is 406 g/mol. The number of rotatable bonds is 4. The fourth-order valence-electron chi connectivity index (χ4n) is 5.29. The lowest BCUT2D eigenvalue weighted by atomic mass is 9.86. The van der Waals surface area contributed by atoms with Gasteiger partial charge in [0.15, 0.2) is 11.5 Å². The number of nitrogens with zero attached hydrogens (tertiary/aromatic N) is 2. The van der Waals surface area contributed by atoms with Crippen molar-refractivity contribution in [1.82, 2.24) is 14.8 Å². The summed E-state index contributed by atoms with van der Waals surface area (Å²) < 4.78 is 11.1. The van der Waals surface area contributed by atoms with E-state index in [1.54, 1.807) is 9.80 Å². The SMILES string of the molecule is CCCCN1CC(=O)N2[C@H](c3ccc4c(c3)OCO4)c3[nH]c4ccccc4c3C[C@H]2C1=O. The third-order valence-electron chi connectivity index (χ3n) is 6.84. The summed E-state index contributed by atoms with van der Waals surface area (Å²) in [6.45, 7) is 3.04. The number of amides is 2. The van der Waals surface area contributed by atoms with Crippen LogP contribution in [0.1, 0.15) is 42.6 Å². The molecule has 1 N–H and O–H groups in total. The Bertz CT molecular complexity index is 1230. The van der Waals surface area contributed by atoms with Gasteiger partial charge in [-0.2, -0.15) is 0 Å². The molecule has 164 valence electrons. The second-order valence-electron chi connectivity index (χ2n) is 8.71. The lowest BCUT2D eigenvalue weighted by Crippen LogP contribution is -2.63. The highest BCUT2D eigenvalue weighted by atomic mass is 16.7. The molecule has 0 spiro atoms. The molecule has 2 aromatic carbocycles. The van der Waals surface area contributed by atoms with Crippen LogP contribution >= 0.6 is 0 Å². The predicted octanol–water partition coefficient (Wildman–Crippen LogP) is 3.38. The summed E-state index contributed by atoms with van der Waals surface area (Å²) in [5.41, 5.74) is 4.02. The normalized spacial score (nSPS) is 21.8.